The van der Waals surface area contributed by atoms with Crippen molar-refractivity contribution < 1.29 is 5.11 Å². The first-order chi connectivity index (χ1) is 8.75. The Morgan fingerprint density at radius 3 is 3.00 bits per heavy atom. The fourth-order valence-electron chi connectivity index (χ4n) is 1.70. The van der Waals surface area contributed by atoms with Gasteiger partial charge >= 0.3 is 0 Å². The molecule has 2 aromatic rings. The molecule has 18 heavy (non-hydrogen) atoms. The van der Waals surface area contributed by atoms with Crippen LogP contribution in [0.3, 0.4) is 0 Å². The average molecular weight is 310 g/mol. The number of nitrogens with zero attached hydrogens (tertiary/aromatic N) is 2. The van der Waals surface area contributed by atoms with Crippen LogP contribution in [0.5, 0.6) is 0 Å². The van der Waals surface area contributed by atoms with E-state index < -0.39 is 6.10 Å². The van der Waals surface area contributed by atoms with Crippen LogP contribution in [0, 0.1) is 0 Å². The monoisotopic (exact) mass is 309 g/mol. The number of halogens is 1. The highest BCUT2D eigenvalue weighted by Crippen LogP contribution is 2.17. The van der Waals surface area contributed by atoms with Crippen LogP contribution in [-0.2, 0) is 6.54 Å². The summed E-state index contributed by atoms with van der Waals surface area (Å²) < 4.78 is 2.84. The molecule has 0 fully saturated rings. The van der Waals surface area contributed by atoms with Crippen LogP contribution in [0.2, 0.25) is 0 Å². The number of aliphatic hydroxyl groups excluding tert-OH is 1. The maximum absolute atomic E-state index is 10.00. The number of hydrogen-bond donors (Lipinski definition) is 2. The quantitative estimate of drug-likeness (QED) is 0.802. The van der Waals surface area contributed by atoms with Crippen LogP contribution < -0.4 is 5.32 Å². The van der Waals surface area contributed by atoms with Gasteiger partial charge in [0.15, 0.2) is 0 Å². The molecule has 96 valence electrons. The van der Waals surface area contributed by atoms with E-state index in [1.165, 1.54) is 0 Å². The molecule has 1 heterocycles. The molecule has 0 saturated carbocycles. The van der Waals surface area contributed by atoms with Crippen LogP contribution >= 0.6 is 15.9 Å². The Bertz CT molecular complexity index is 473. The zero-order valence-corrected chi connectivity index (χ0v) is 11.5. The lowest BCUT2D eigenvalue weighted by molar-refractivity contribution is 0.174. The van der Waals surface area contributed by atoms with E-state index in [9.17, 15) is 5.11 Å². The van der Waals surface area contributed by atoms with Gasteiger partial charge in [0.1, 0.15) is 0 Å². The molecule has 0 aliphatic heterocycles. The van der Waals surface area contributed by atoms with E-state index in [1.54, 1.807) is 6.20 Å². The Labute approximate surface area is 115 Å². The zero-order chi connectivity index (χ0) is 12.8. The van der Waals surface area contributed by atoms with Crippen molar-refractivity contribution >= 4 is 15.9 Å². The molecule has 2 N–H and O–H groups in total. The number of benzene rings is 1. The van der Waals surface area contributed by atoms with Gasteiger partial charge in [-0.25, -0.2) is 0 Å². The van der Waals surface area contributed by atoms with E-state index >= 15 is 0 Å². The number of hydrogen-bond acceptors (Lipinski definition) is 3. The minimum absolute atomic E-state index is 0.486. The molecule has 0 aliphatic rings. The van der Waals surface area contributed by atoms with E-state index in [1.807, 2.05) is 41.2 Å². The van der Waals surface area contributed by atoms with Gasteiger partial charge in [-0.3, -0.25) is 4.68 Å². The van der Waals surface area contributed by atoms with Crippen molar-refractivity contribution in [3.05, 3.63) is 52.8 Å². The van der Waals surface area contributed by atoms with E-state index in [0.717, 1.165) is 23.1 Å². The van der Waals surface area contributed by atoms with Crippen LogP contribution in [0.4, 0.5) is 0 Å². The number of aromatic nitrogens is 2. The minimum Gasteiger partial charge on any atom is -0.387 e. The summed E-state index contributed by atoms with van der Waals surface area (Å²) >= 11 is 3.40. The second-order valence-electron chi connectivity index (χ2n) is 4.04. The molecule has 0 spiro atoms. The Kier molecular flexibility index (Phi) is 4.92. The normalized spacial score (nSPS) is 12.6. The first kappa shape index (κ1) is 13.3. The molecular formula is C13H16BrN3O. The summed E-state index contributed by atoms with van der Waals surface area (Å²) in [5.74, 6) is 0. The highest BCUT2D eigenvalue weighted by molar-refractivity contribution is 9.10. The molecule has 0 saturated heterocycles. The van der Waals surface area contributed by atoms with E-state index in [-0.39, 0.29) is 0 Å². The largest absolute Gasteiger partial charge is 0.387 e. The van der Waals surface area contributed by atoms with Gasteiger partial charge in [-0.05, 0) is 23.8 Å². The van der Waals surface area contributed by atoms with Gasteiger partial charge in [0.05, 0.1) is 12.6 Å². The molecule has 2 rings (SSSR count). The van der Waals surface area contributed by atoms with Gasteiger partial charge in [-0.1, -0.05) is 28.1 Å². The lowest BCUT2D eigenvalue weighted by Gasteiger charge is -2.12. The first-order valence-corrected chi connectivity index (χ1v) is 6.66. The number of nitrogens with one attached hydrogen (secondary N) is 1. The number of rotatable bonds is 6. The number of aliphatic hydroxyl groups is 1. The molecule has 1 aromatic carbocycles. The van der Waals surface area contributed by atoms with Gasteiger partial charge in [-0.15, -0.1) is 0 Å². The molecule has 1 atom stereocenters. The molecule has 0 unspecified atom stereocenters. The SMILES string of the molecule is O[C@H](CNCCn1cccn1)c1cccc(Br)c1. The van der Waals surface area contributed by atoms with Crippen molar-refractivity contribution in [1.82, 2.24) is 15.1 Å². The van der Waals surface area contributed by atoms with Gasteiger partial charge in [0.25, 0.3) is 0 Å². The van der Waals surface area contributed by atoms with Crippen molar-refractivity contribution in [2.45, 2.75) is 12.6 Å². The van der Waals surface area contributed by atoms with E-state index in [2.05, 4.69) is 26.3 Å². The maximum Gasteiger partial charge on any atom is 0.0914 e. The summed E-state index contributed by atoms with van der Waals surface area (Å²) in [5.41, 5.74) is 0.913. The van der Waals surface area contributed by atoms with Crippen LogP contribution in [0.25, 0.3) is 0 Å². The van der Waals surface area contributed by atoms with Crippen molar-refractivity contribution in [1.29, 1.82) is 0 Å². The molecule has 0 bridgehead atoms. The van der Waals surface area contributed by atoms with Crippen molar-refractivity contribution in [3.8, 4) is 0 Å². The Hall–Kier alpha value is -1.17. The van der Waals surface area contributed by atoms with Crippen LogP contribution in [-0.4, -0.2) is 28.0 Å². The Morgan fingerprint density at radius 2 is 2.28 bits per heavy atom. The predicted octanol–water partition coefficient (Wildman–Crippen LogP) is 1.97. The average Bonchev–Trinajstić information content (AvgIpc) is 2.87. The molecular weight excluding hydrogens is 294 g/mol. The predicted molar refractivity (Wildman–Crippen MR) is 74.2 cm³/mol. The third-order valence-corrected chi connectivity index (χ3v) is 3.14. The second-order valence-corrected chi connectivity index (χ2v) is 4.96. The molecule has 0 aliphatic carbocycles. The summed E-state index contributed by atoms with van der Waals surface area (Å²) in [7, 11) is 0. The molecule has 5 heteroatoms. The molecule has 0 radical (unpaired) electrons. The van der Waals surface area contributed by atoms with Gasteiger partial charge in [-0.2, -0.15) is 5.10 Å². The lowest BCUT2D eigenvalue weighted by atomic mass is 10.1. The molecule has 4 nitrogen and oxygen atoms in total. The standard InChI is InChI=1S/C13H16BrN3O/c14-12-4-1-3-11(9-12)13(18)10-15-6-8-17-7-2-5-16-17/h1-5,7,9,13,15,18H,6,8,10H2/t13-/m1/s1. The highest BCUT2D eigenvalue weighted by Gasteiger charge is 2.06. The third kappa shape index (κ3) is 3.94. The zero-order valence-electron chi connectivity index (χ0n) is 9.96. The topological polar surface area (TPSA) is 50.1 Å². The molecule has 1 aromatic heterocycles. The Morgan fingerprint density at radius 1 is 1.39 bits per heavy atom. The fraction of sp³-hybridized carbons (Fsp3) is 0.308. The summed E-state index contributed by atoms with van der Waals surface area (Å²) in [6.45, 7) is 2.13. The Balaban J connectivity index is 1.73. The van der Waals surface area contributed by atoms with Gasteiger partial charge in [0.2, 0.25) is 0 Å². The highest BCUT2D eigenvalue weighted by atomic mass is 79.9. The van der Waals surface area contributed by atoms with Crippen LogP contribution in [0.1, 0.15) is 11.7 Å². The first-order valence-electron chi connectivity index (χ1n) is 5.87. The van der Waals surface area contributed by atoms with Crippen molar-refractivity contribution in [2.75, 3.05) is 13.1 Å². The minimum atomic E-state index is -0.486. The van der Waals surface area contributed by atoms with Gasteiger partial charge < -0.3 is 10.4 Å². The third-order valence-electron chi connectivity index (χ3n) is 2.65. The summed E-state index contributed by atoms with van der Waals surface area (Å²) in [6, 6.07) is 9.62. The van der Waals surface area contributed by atoms with Crippen LogP contribution in [0.15, 0.2) is 47.2 Å². The summed E-state index contributed by atoms with van der Waals surface area (Å²) in [6.07, 6.45) is 3.20. The van der Waals surface area contributed by atoms with Crippen molar-refractivity contribution in [2.24, 2.45) is 0 Å². The summed E-state index contributed by atoms with van der Waals surface area (Å²) in [4.78, 5) is 0. The smallest absolute Gasteiger partial charge is 0.0914 e. The van der Waals surface area contributed by atoms with E-state index in [0.29, 0.717) is 6.54 Å². The summed E-state index contributed by atoms with van der Waals surface area (Å²) in [5, 5.41) is 17.3. The second kappa shape index (κ2) is 6.68. The lowest BCUT2D eigenvalue weighted by Crippen LogP contribution is -2.25. The van der Waals surface area contributed by atoms with Crippen molar-refractivity contribution in [3.63, 3.8) is 0 Å². The maximum atomic E-state index is 10.00. The molecule has 0 amide bonds. The van der Waals surface area contributed by atoms with Gasteiger partial charge in [0, 0.05) is 30.0 Å². The fourth-order valence-corrected chi connectivity index (χ4v) is 2.11. The van der Waals surface area contributed by atoms with E-state index in [4.69, 9.17) is 0 Å².